The summed E-state index contributed by atoms with van der Waals surface area (Å²) in [4.78, 5) is 26.9. The van der Waals surface area contributed by atoms with E-state index in [0.717, 1.165) is 17.8 Å². The number of carbonyl (C=O) groups excluding carboxylic acids is 2. The topological polar surface area (TPSA) is 68.3 Å². The van der Waals surface area contributed by atoms with Gasteiger partial charge in [0, 0.05) is 18.3 Å². The van der Waals surface area contributed by atoms with Crippen molar-refractivity contribution in [2.45, 2.75) is 19.8 Å². The lowest BCUT2D eigenvalue weighted by Crippen LogP contribution is -2.24. The van der Waals surface area contributed by atoms with Crippen molar-refractivity contribution in [3.63, 3.8) is 0 Å². The monoisotopic (exact) mass is 266 g/mol. The van der Waals surface area contributed by atoms with Gasteiger partial charge in [0.15, 0.2) is 0 Å². The number of rotatable bonds is 6. The highest BCUT2D eigenvalue weighted by molar-refractivity contribution is 7.11. The van der Waals surface area contributed by atoms with Crippen molar-refractivity contribution in [2.75, 3.05) is 13.2 Å². The number of hydrogen-bond acceptors (Lipinski definition) is 5. The Balaban J connectivity index is 2.49. The van der Waals surface area contributed by atoms with E-state index in [1.165, 1.54) is 5.38 Å². The maximum Gasteiger partial charge on any atom is 0.367 e. The number of nitrogens with one attached hydrogen (secondary N) is 1. The van der Waals surface area contributed by atoms with Crippen LogP contribution in [0, 0.1) is 12.3 Å². The lowest BCUT2D eigenvalue weighted by atomic mass is 10.3. The summed E-state index contributed by atoms with van der Waals surface area (Å²) < 4.78 is 4.79. The molecular formula is C12H14N2O3S. The van der Waals surface area contributed by atoms with Gasteiger partial charge in [-0.25, -0.2) is 9.78 Å². The predicted octanol–water partition coefficient (Wildman–Crippen LogP) is 1.46. The van der Waals surface area contributed by atoms with E-state index in [1.54, 1.807) is 6.92 Å². The van der Waals surface area contributed by atoms with Crippen LogP contribution < -0.4 is 5.32 Å². The van der Waals surface area contributed by atoms with Gasteiger partial charge in [0.1, 0.15) is 5.69 Å². The molecule has 96 valence electrons. The Morgan fingerprint density at radius 3 is 3.06 bits per heavy atom. The summed E-state index contributed by atoms with van der Waals surface area (Å²) in [5, 5.41) is 4.39. The van der Waals surface area contributed by atoms with Crippen LogP contribution in [-0.4, -0.2) is 30.0 Å². The molecule has 1 amide bonds. The summed E-state index contributed by atoms with van der Waals surface area (Å²) in [6.07, 6.45) is 6.43. The predicted molar refractivity (Wildman–Crippen MR) is 68.5 cm³/mol. The first-order valence-corrected chi connectivity index (χ1v) is 6.41. The van der Waals surface area contributed by atoms with Gasteiger partial charge in [-0.1, -0.05) is 0 Å². The molecule has 6 heteroatoms. The molecule has 18 heavy (non-hydrogen) atoms. The highest BCUT2D eigenvalue weighted by Gasteiger charge is 2.15. The number of thiazole rings is 1. The molecule has 0 fully saturated rings. The molecule has 0 bridgehead atoms. The summed E-state index contributed by atoms with van der Waals surface area (Å²) >= 11 is 1.09. The van der Waals surface area contributed by atoms with Crippen LogP contribution in [0.15, 0.2) is 5.38 Å². The molecular weight excluding hydrogens is 252 g/mol. The van der Waals surface area contributed by atoms with Gasteiger partial charge in [-0.15, -0.1) is 23.7 Å². The molecule has 0 radical (unpaired) electrons. The molecule has 0 saturated heterocycles. The Hall–Kier alpha value is -1.87. The smallest absolute Gasteiger partial charge is 0.367 e. The SMILES string of the molecule is C#CCCCNC(=O)c1csc(C(=O)OCC)n1. The van der Waals surface area contributed by atoms with Crippen LogP contribution in [0.2, 0.25) is 0 Å². The van der Waals surface area contributed by atoms with Crippen molar-refractivity contribution in [1.82, 2.24) is 10.3 Å². The molecule has 1 aromatic rings. The van der Waals surface area contributed by atoms with Gasteiger partial charge in [-0.2, -0.15) is 0 Å². The Labute approximate surface area is 110 Å². The summed E-state index contributed by atoms with van der Waals surface area (Å²) in [5.41, 5.74) is 0.226. The minimum Gasteiger partial charge on any atom is -0.461 e. The van der Waals surface area contributed by atoms with E-state index < -0.39 is 5.97 Å². The largest absolute Gasteiger partial charge is 0.461 e. The van der Waals surface area contributed by atoms with Gasteiger partial charge in [-0.05, 0) is 13.3 Å². The second-order valence-electron chi connectivity index (χ2n) is 3.32. The second kappa shape index (κ2) is 7.45. The summed E-state index contributed by atoms with van der Waals surface area (Å²) in [6, 6.07) is 0. The summed E-state index contributed by atoms with van der Waals surface area (Å²) in [5.74, 6) is 1.68. The van der Waals surface area contributed by atoms with Gasteiger partial charge >= 0.3 is 5.97 Å². The first kappa shape index (κ1) is 14.2. The number of nitrogens with zero attached hydrogens (tertiary/aromatic N) is 1. The number of esters is 1. The average molecular weight is 266 g/mol. The Morgan fingerprint density at radius 1 is 1.61 bits per heavy atom. The highest BCUT2D eigenvalue weighted by Crippen LogP contribution is 2.11. The van der Waals surface area contributed by atoms with Gasteiger partial charge in [0.2, 0.25) is 5.01 Å². The fourth-order valence-corrected chi connectivity index (χ4v) is 1.84. The molecule has 1 N–H and O–H groups in total. The third-order valence-corrected chi connectivity index (χ3v) is 2.79. The number of terminal acetylenes is 1. The maximum absolute atomic E-state index is 11.6. The molecule has 1 aromatic heterocycles. The molecule has 1 rings (SSSR count). The standard InChI is InChI=1S/C12H14N2O3S/c1-3-5-6-7-13-10(15)9-8-18-11(14-9)12(16)17-4-2/h1,8H,4-7H2,2H3,(H,13,15). The van der Waals surface area contributed by atoms with Crippen LogP contribution in [0.4, 0.5) is 0 Å². The molecule has 0 aromatic carbocycles. The van der Waals surface area contributed by atoms with Crippen molar-refractivity contribution >= 4 is 23.2 Å². The summed E-state index contributed by atoms with van der Waals surface area (Å²) in [6.45, 7) is 2.49. The van der Waals surface area contributed by atoms with Crippen molar-refractivity contribution in [2.24, 2.45) is 0 Å². The van der Waals surface area contributed by atoms with Crippen LogP contribution in [-0.2, 0) is 4.74 Å². The molecule has 0 saturated carbocycles. The molecule has 0 spiro atoms. The molecule has 1 heterocycles. The fourth-order valence-electron chi connectivity index (χ4n) is 1.15. The van der Waals surface area contributed by atoms with Crippen LogP contribution in [0.3, 0.4) is 0 Å². The van der Waals surface area contributed by atoms with Crippen LogP contribution in [0.1, 0.15) is 40.1 Å². The summed E-state index contributed by atoms with van der Waals surface area (Å²) in [7, 11) is 0. The third kappa shape index (κ3) is 4.18. The van der Waals surface area contributed by atoms with Crippen LogP contribution in [0.25, 0.3) is 0 Å². The van der Waals surface area contributed by atoms with Crippen molar-refractivity contribution in [3.8, 4) is 12.3 Å². The minimum absolute atomic E-state index is 0.186. The van der Waals surface area contributed by atoms with E-state index in [9.17, 15) is 9.59 Å². The number of aromatic nitrogens is 1. The van der Waals surface area contributed by atoms with Gasteiger partial charge in [-0.3, -0.25) is 4.79 Å². The van der Waals surface area contributed by atoms with Crippen LogP contribution in [0.5, 0.6) is 0 Å². The number of carbonyl (C=O) groups is 2. The lowest BCUT2D eigenvalue weighted by molar-refractivity contribution is 0.0526. The Bertz CT molecular complexity index is 462. The van der Waals surface area contributed by atoms with Crippen molar-refractivity contribution in [1.29, 1.82) is 0 Å². The fraction of sp³-hybridized carbons (Fsp3) is 0.417. The van der Waals surface area contributed by atoms with E-state index in [4.69, 9.17) is 11.2 Å². The third-order valence-electron chi connectivity index (χ3n) is 1.97. The quantitative estimate of drug-likeness (QED) is 0.481. The molecule has 0 aliphatic carbocycles. The Morgan fingerprint density at radius 2 is 2.39 bits per heavy atom. The first-order valence-electron chi connectivity index (χ1n) is 5.53. The van der Waals surface area contributed by atoms with Crippen LogP contribution >= 0.6 is 11.3 Å². The molecule has 0 aliphatic heterocycles. The number of ether oxygens (including phenoxy) is 1. The van der Waals surface area contributed by atoms with E-state index in [-0.39, 0.29) is 23.2 Å². The van der Waals surface area contributed by atoms with E-state index in [1.807, 2.05) is 0 Å². The molecule has 5 nitrogen and oxygen atoms in total. The van der Waals surface area contributed by atoms with Gasteiger partial charge in [0.25, 0.3) is 5.91 Å². The first-order chi connectivity index (χ1) is 8.69. The maximum atomic E-state index is 11.6. The van der Waals surface area contributed by atoms with Gasteiger partial charge < -0.3 is 10.1 Å². The Kier molecular flexibility index (Phi) is 5.88. The number of unbranched alkanes of at least 4 members (excludes halogenated alkanes) is 1. The number of hydrogen-bond donors (Lipinski definition) is 1. The normalized spacial score (nSPS) is 9.56. The minimum atomic E-state index is -0.506. The zero-order chi connectivity index (χ0) is 13.4. The zero-order valence-corrected chi connectivity index (χ0v) is 10.9. The zero-order valence-electron chi connectivity index (χ0n) is 10.1. The van der Waals surface area contributed by atoms with Gasteiger partial charge in [0.05, 0.1) is 6.61 Å². The highest BCUT2D eigenvalue weighted by atomic mass is 32.1. The second-order valence-corrected chi connectivity index (χ2v) is 4.18. The lowest BCUT2D eigenvalue weighted by Gasteiger charge is -2.00. The molecule has 0 aliphatic rings. The average Bonchev–Trinajstić information content (AvgIpc) is 2.84. The van der Waals surface area contributed by atoms with E-state index in [2.05, 4.69) is 16.2 Å². The molecule has 0 atom stereocenters. The van der Waals surface area contributed by atoms with Crippen molar-refractivity contribution < 1.29 is 14.3 Å². The molecule has 0 unspecified atom stereocenters. The van der Waals surface area contributed by atoms with E-state index in [0.29, 0.717) is 13.0 Å². The number of amides is 1. The van der Waals surface area contributed by atoms with E-state index >= 15 is 0 Å². The van der Waals surface area contributed by atoms with Crippen molar-refractivity contribution in [3.05, 3.63) is 16.1 Å².